The van der Waals surface area contributed by atoms with Gasteiger partial charge >= 0.3 is 6.03 Å². The second kappa shape index (κ2) is 9.31. The number of piperazine rings is 1. The first-order valence-electron chi connectivity index (χ1n) is 9.20. The van der Waals surface area contributed by atoms with Crippen LogP contribution in [0.5, 0.6) is 0 Å². The zero-order valence-corrected chi connectivity index (χ0v) is 16.1. The van der Waals surface area contributed by atoms with E-state index in [1.807, 2.05) is 23.6 Å². The van der Waals surface area contributed by atoms with E-state index >= 15 is 0 Å². The van der Waals surface area contributed by atoms with Crippen LogP contribution in [0.4, 0.5) is 16.2 Å². The fourth-order valence-electron chi connectivity index (χ4n) is 3.10. The normalized spacial score (nSPS) is 15.9. The molecule has 1 heterocycles. The Morgan fingerprint density at radius 1 is 1.22 bits per heavy atom. The van der Waals surface area contributed by atoms with Crippen LogP contribution in [0.2, 0.25) is 0 Å². The maximum absolute atomic E-state index is 12.5. The topological polar surface area (TPSA) is 99.0 Å². The third kappa shape index (κ3) is 5.16. The Bertz CT molecular complexity index is 684. The van der Waals surface area contributed by atoms with Gasteiger partial charge in [0.15, 0.2) is 0 Å². The van der Waals surface area contributed by atoms with E-state index in [0.29, 0.717) is 45.0 Å². The Labute approximate surface area is 159 Å². The minimum absolute atomic E-state index is 0.0355. The molecule has 1 aromatic carbocycles. The number of carbonyl (C=O) groups excluding carboxylic acids is 2. The number of nitrogens with one attached hydrogen (secondary N) is 1. The molecule has 9 heteroatoms. The summed E-state index contributed by atoms with van der Waals surface area (Å²) in [4.78, 5) is 40.9. The number of carbonyl (C=O) groups is 2. The van der Waals surface area contributed by atoms with Gasteiger partial charge in [-0.15, -0.1) is 0 Å². The summed E-state index contributed by atoms with van der Waals surface area (Å²) in [6.45, 7) is 9.43. The lowest BCUT2D eigenvalue weighted by atomic mass is 10.2. The van der Waals surface area contributed by atoms with Gasteiger partial charge in [0, 0.05) is 57.1 Å². The Morgan fingerprint density at radius 3 is 2.41 bits per heavy atom. The molecule has 0 aliphatic carbocycles. The van der Waals surface area contributed by atoms with E-state index in [9.17, 15) is 19.7 Å². The van der Waals surface area contributed by atoms with Gasteiger partial charge in [0.25, 0.3) is 5.69 Å². The number of hydrogen-bond acceptors (Lipinski definition) is 5. The number of benzene rings is 1. The first-order valence-corrected chi connectivity index (χ1v) is 9.20. The van der Waals surface area contributed by atoms with Crippen LogP contribution in [0, 0.1) is 10.1 Å². The third-order valence-electron chi connectivity index (χ3n) is 4.87. The van der Waals surface area contributed by atoms with Gasteiger partial charge in [0.05, 0.1) is 11.0 Å². The molecular formula is C18H27N5O4. The molecular weight excluding hydrogens is 350 g/mol. The lowest BCUT2D eigenvalue weighted by Gasteiger charge is -2.39. The van der Waals surface area contributed by atoms with Gasteiger partial charge < -0.3 is 15.1 Å². The third-order valence-corrected chi connectivity index (χ3v) is 4.87. The lowest BCUT2D eigenvalue weighted by Crippen LogP contribution is -2.56. The highest BCUT2D eigenvalue weighted by molar-refractivity contribution is 5.94. The lowest BCUT2D eigenvalue weighted by molar-refractivity contribution is -0.384. The summed E-state index contributed by atoms with van der Waals surface area (Å²) in [7, 11) is 0. The Balaban J connectivity index is 1.90. The molecule has 1 aliphatic rings. The van der Waals surface area contributed by atoms with Crippen LogP contribution in [-0.4, -0.2) is 76.9 Å². The number of rotatable bonds is 6. The predicted molar refractivity (Wildman–Crippen MR) is 103 cm³/mol. The quantitative estimate of drug-likeness (QED) is 0.604. The van der Waals surface area contributed by atoms with Crippen LogP contribution in [-0.2, 0) is 4.79 Å². The van der Waals surface area contributed by atoms with Gasteiger partial charge in [0.1, 0.15) is 0 Å². The Morgan fingerprint density at radius 2 is 1.85 bits per heavy atom. The molecule has 1 saturated heterocycles. The Hall–Kier alpha value is -2.68. The average molecular weight is 377 g/mol. The van der Waals surface area contributed by atoms with Crippen molar-refractivity contribution in [1.82, 2.24) is 14.7 Å². The van der Waals surface area contributed by atoms with Gasteiger partial charge in [-0.25, -0.2) is 4.79 Å². The molecule has 0 saturated carbocycles. The van der Waals surface area contributed by atoms with Crippen molar-refractivity contribution in [3.8, 4) is 0 Å². The summed E-state index contributed by atoms with van der Waals surface area (Å²) in [5.41, 5.74) is 0.334. The molecule has 148 valence electrons. The first-order chi connectivity index (χ1) is 12.9. The molecule has 1 N–H and O–H groups in total. The number of urea groups is 1. The predicted octanol–water partition coefficient (Wildman–Crippen LogP) is 2.00. The number of anilines is 1. The number of nitro groups is 1. The monoisotopic (exact) mass is 377 g/mol. The van der Waals surface area contributed by atoms with Crippen LogP contribution in [0.15, 0.2) is 24.3 Å². The van der Waals surface area contributed by atoms with Crippen LogP contribution in [0.25, 0.3) is 0 Å². The van der Waals surface area contributed by atoms with E-state index < -0.39 is 11.0 Å². The standard InChI is InChI=1S/C18H27N5O4/c1-4-20(5-2)18(25)22-11-9-21(10-12-22)14(3)17(24)19-15-7-6-8-16(13-15)23(26)27/h6-8,13-14H,4-5,9-12H2,1-3H3,(H,19,24)/t14-/m1/s1. The zero-order chi connectivity index (χ0) is 20.0. The van der Waals surface area contributed by atoms with Gasteiger partial charge in [-0.2, -0.15) is 0 Å². The second-order valence-corrected chi connectivity index (χ2v) is 6.45. The summed E-state index contributed by atoms with van der Waals surface area (Å²) in [6.07, 6.45) is 0. The fraction of sp³-hybridized carbons (Fsp3) is 0.556. The van der Waals surface area contributed by atoms with Crippen molar-refractivity contribution in [3.63, 3.8) is 0 Å². The van der Waals surface area contributed by atoms with Crippen molar-refractivity contribution in [2.24, 2.45) is 0 Å². The van der Waals surface area contributed by atoms with Crippen LogP contribution in [0.3, 0.4) is 0 Å². The SMILES string of the molecule is CCN(CC)C(=O)N1CCN([C@H](C)C(=O)Nc2cccc([N+](=O)[O-])c2)CC1. The van der Waals surface area contributed by atoms with Gasteiger partial charge in [0.2, 0.25) is 5.91 Å². The van der Waals surface area contributed by atoms with E-state index in [1.54, 1.807) is 17.9 Å². The van der Waals surface area contributed by atoms with Crippen molar-refractivity contribution in [3.05, 3.63) is 34.4 Å². The molecule has 1 atom stereocenters. The van der Waals surface area contributed by atoms with E-state index in [-0.39, 0.29) is 17.6 Å². The summed E-state index contributed by atoms with van der Waals surface area (Å²) in [5.74, 6) is -0.223. The summed E-state index contributed by atoms with van der Waals surface area (Å²) >= 11 is 0. The molecule has 0 spiro atoms. The molecule has 9 nitrogen and oxygen atoms in total. The second-order valence-electron chi connectivity index (χ2n) is 6.45. The maximum atomic E-state index is 12.5. The molecule has 0 unspecified atom stereocenters. The number of hydrogen-bond donors (Lipinski definition) is 1. The highest BCUT2D eigenvalue weighted by Crippen LogP contribution is 2.18. The number of nitrogens with zero attached hydrogens (tertiary/aromatic N) is 4. The van der Waals surface area contributed by atoms with Crippen molar-refractivity contribution in [2.75, 3.05) is 44.6 Å². The van der Waals surface area contributed by atoms with E-state index in [1.165, 1.54) is 18.2 Å². The smallest absolute Gasteiger partial charge is 0.320 e. The fourth-order valence-corrected chi connectivity index (χ4v) is 3.10. The van der Waals surface area contributed by atoms with E-state index in [4.69, 9.17) is 0 Å². The van der Waals surface area contributed by atoms with Crippen molar-refractivity contribution in [1.29, 1.82) is 0 Å². The number of nitro benzene ring substituents is 1. The number of amides is 3. The van der Waals surface area contributed by atoms with E-state index in [2.05, 4.69) is 5.32 Å². The highest BCUT2D eigenvalue weighted by atomic mass is 16.6. The molecule has 1 aliphatic heterocycles. The molecule has 1 fully saturated rings. The minimum Gasteiger partial charge on any atom is -0.325 e. The average Bonchev–Trinajstić information content (AvgIpc) is 2.68. The highest BCUT2D eigenvalue weighted by Gasteiger charge is 2.29. The number of non-ortho nitro benzene ring substituents is 1. The summed E-state index contributed by atoms with van der Waals surface area (Å²) in [5, 5.41) is 13.6. The van der Waals surface area contributed by atoms with Crippen LogP contribution < -0.4 is 5.32 Å². The van der Waals surface area contributed by atoms with E-state index in [0.717, 1.165) is 0 Å². The van der Waals surface area contributed by atoms with Gasteiger partial charge in [-0.3, -0.25) is 19.8 Å². The van der Waals surface area contributed by atoms with Crippen molar-refractivity contribution >= 4 is 23.3 Å². The van der Waals surface area contributed by atoms with Crippen LogP contribution in [0.1, 0.15) is 20.8 Å². The summed E-state index contributed by atoms with van der Waals surface area (Å²) in [6, 6.07) is 5.52. The molecule has 0 aromatic heterocycles. The molecule has 27 heavy (non-hydrogen) atoms. The van der Waals surface area contributed by atoms with Gasteiger partial charge in [-0.05, 0) is 26.8 Å². The first kappa shape index (κ1) is 20.6. The molecule has 3 amide bonds. The molecule has 2 rings (SSSR count). The van der Waals surface area contributed by atoms with Crippen molar-refractivity contribution < 1.29 is 14.5 Å². The molecule has 1 aromatic rings. The van der Waals surface area contributed by atoms with Crippen LogP contribution >= 0.6 is 0 Å². The summed E-state index contributed by atoms with van der Waals surface area (Å²) < 4.78 is 0. The minimum atomic E-state index is -0.495. The Kier molecular flexibility index (Phi) is 7.12. The molecule has 0 radical (unpaired) electrons. The molecule has 0 bridgehead atoms. The van der Waals surface area contributed by atoms with Crippen molar-refractivity contribution in [2.45, 2.75) is 26.8 Å². The maximum Gasteiger partial charge on any atom is 0.320 e. The zero-order valence-electron chi connectivity index (χ0n) is 16.1. The largest absolute Gasteiger partial charge is 0.325 e. The van der Waals surface area contributed by atoms with Gasteiger partial charge in [-0.1, -0.05) is 6.07 Å².